The Bertz CT molecular complexity index is 859. The van der Waals surface area contributed by atoms with Gasteiger partial charge in [-0.15, -0.1) is 0 Å². The molecule has 2 amide bonds. The Morgan fingerprint density at radius 2 is 1.41 bits per heavy atom. The van der Waals surface area contributed by atoms with Crippen molar-refractivity contribution in [3.05, 3.63) is 71.0 Å². The fraction of sp³-hybridized carbons (Fsp3) is 0.263. The van der Waals surface area contributed by atoms with Gasteiger partial charge in [0.2, 0.25) is 0 Å². The average molecular weight is 380 g/mol. The van der Waals surface area contributed by atoms with Crippen LogP contribution in [-0.2, 0) is 6.18 Å². The minimum Gasteiger partial charge on any atom is -0.335 e. The minimum atomic E-state index is -4.62. The van der Waals surface area contributed by atoms with Crippen LogP contribution in [0.5, 0.6) is 0 Å². The number of rotatable bonds is 2. The number of alkyl halides is 3. The third-order valence-corrected chi connectivity index (χ3v) is 4.39. The van der Waals surface area contributed by atoms with Crippen molar-refractivity contribution in [3.8, 4) is 0 Å². The second kappa shape index (κ2) is 7.38. The van der Waals surface area contributed by atoms with Crippen molar-refractivity contribution in [3.63, 3.8) is 0 Å². The number of hydrogen-bond donors (Lipinski definition) is 0. The van der Waals surface area contributed by atoms with Crippen molar-refractivity contribution in [2.75, 3.05) is 26.2 Å². The first-order chi connectivity index (χ1) is 12.8. The van der Waals surface area contributed by atoms with E-state index in [0.29, 0.717) is 0 Å². The standard InChI is InChI=1S/C19H16F4N2O2/c20-14-5-3-4-13(12-14)17(26)24-8-10-25(11-9-24)18(27)15-6-1-2-7-16(15)19(21,22)23/h1-7,12H,8-11H2. The molecule has 0 aliphatic carbocycles. The number of carbonyl (C=O) groups excluding carboxylic acids is 2. The minimum absolute atomic E-state index is 0.103. The van der Waals surface area contributed by atoms with E-state index in [2.05, 4.69) is 0 Å². The molecule has 2 aromatic carbocycles. The molecule has 0 saturated carbocycles. The van der Waals surface area contributed by atoms with Gasteiger partial charge in [-0.2, -0.15) is 13.2 Å². The summed E-state index contributed by atoms with van der Waals surface area (Å²) in [7, 11) is 0. The van der Waals surface area contributed by atoms with Gasteiger partial charge >= 0.3 is 6.18 Å². The molecule has 0 N–H and O–H groups in total. The molecule has 4 nitrogen and oxygen atoms in total. The average Bonchev–Trinajstić information content (AvgIpc) is 2.66. The summed E-state index contributed by atoms with van der Waals surface area (Å²) in [6, 6.07) is 9.90. The zero-order chi connectivity index (χ0) is 19.6. The molecular formula is C19H16F4N2O2. The molecule has 1 fully saturated rings. The van der Waals surface area contributed by atoms with Gasteiger partial charge in [-0.05, 0) is 30.3 Å². The lowest BCUT2D eigenvalue weighted by atomic mass is 10.1. The van der Waals surface area contributed by atoms with Crippen molar-refractivity contribution in [2.24, 2.45) is 0 Å². The molecular weight excluding hydrogens is 364 g/mol. The van der Waals surface area contributed by atoms with Crippen LogP contribution >= 0.6 is 0 Å². The summed E-state index contributed by atoms with van der Waals surface area (Å²) in [6.45, 7) is 0.530. The first-order valence-electron chi connectivity index (χ1n) is 8.28. The van der Waals surface area contributed by atoms with Crippen molar-refractivity contribution in [1.82, 2.24) is 9.80 Å². The van der Waals surface area contributed by atoms with E-state index in [0.717, 1.165) is 18.2 Å². The van der Waals surface area contributed by atoms with Crippen LogP contribution in [0.25, 0.3) is 0 Å². The van der Waals surface area contributed by atoms with E-state index in [-0.39, 0.29) is 37.6 Å². The first-order valence-corrected chi connectivity index (χ1v) is 8.28. The van der Waals surface area contributed by atoms with Crippen LogP contribution in [-0.4, -0.2) is 47.8 Å². The van der Waals surface area contributed by atoms with Crippen molar-refractivity contribution < 1.29 is 27.2 Å². The number of benzene rings is 2. The highest BCUT2D eigenvalue weighted by molar-refractivity contribution is 5.97. The van der Waals surface area contributed by atoms with E-state index in [1.807, 2.05) is 0 Å². The Morgan fingerprint density at radius 1 is 0.815 bits per heavy atom. The molecule has 2 aromatic rings. The lowest BCUT2D eigenvalue weighted by Gasteiger charge is -2.35. The molecule has 1 heterocycles. The fourth-order valence-electron chi connectivity index (χ4n) is 3.00. The lowest BCUT2D eigenvalue weighted by molar-refractivity contribution is -0.138. The highest BCUT2D eigenvalue weighted by Gasteiger charge is 2.36. The van der Waals surface area contributed by atoms with Crippen molar-refractivity contribution >= 4 is 11.8 Å². The molecule has 0 spiro atoms. The monoisotopic (exact) mass is 380 g/mol. The van der Waals surface area contributed by atoms with Gasteiger partial charge in [0.25, 0.3) is 11.8 Å². The van der Waals surface area contributed by atoms with Gasteiger partial charge in [0.05, 0.1) is 11.1 Å². The largest absolute Gasteiger partial charge is 0.417 e. The highest BCUT2D eigenvalue weighted by Crippen LogP contribution is 2.32. The molecule has 0 bridgehead atoms. The molecule has 1 saturated heterocycles. The van der Waals surface area contributed by atoms with Crippen molar-refractivity contribution in [1.29, 1.82) is 0 Å². The first kappa shape index (κ1) is 18.9. The summed E-state index contributed by atoms with van der Waals surface area (Å²) < 4.78 is 52.6. The zero-order valence-electron chi connectivity index (χ0n) is 14.2. The quantitative estimate of drug-likeness (QED) is 0.749. The number of carbonyl (C=O) groups is 2. The van der Waals surface area contributed by atoms with Crippen LogP contribution in [0.3, 0.4) is 0 Å². The van der Waals surface area contributed by atoms with Crippen LogP contribution in [0.15, 0.2) is 48.5 Å². The third kappa shape index (κ3) is 4.10. The second-order valence-electron chi connectivity index (χ2n) is 6.14. The van der Waals surface area contributed by atoms with E-state index in [9.17, 15) is 27.2 Å². The van der Waals surface area contributed by atoms with Crippen LogP contribution in [0.1, 0.15) is 26.3 Å². The Hall–Kier alpha value is -2.90. The Balaban J connectivity index is 1.69. The zero-order valence-corrected chi connectivity index (χ0v) is 14.2. The van der Waals surface area contributed by atoms with E-state index in [1.165, 1.54) is 40.1 Å². The number of amides is 2. The molecule has 0 radical (unpaired) electrons. The van der Waals surface area contributed by atoms with E-state index < -0.39 is 29.0 Å². The highest BCUT2D eigenvalue weighted by atomic mass is 19.4. The van der Waals surface area contributed by atoms with Crippen LogP contribution < -0.4 is 0 Å². The van der Waals surface area contributed by atoms with Gasteiger partial charge in [0, 0.05) is 31.7 Å². The smallest absolute Gasteiger partial charge is 0.335 e. The Morgan fingerprint density at radius 3 is 2.00 bits per heavy atom. The van der Waals surface area contributed by atoms with E-state index >= 15 is 0 Å². The van der Waals surface area contributed by atoms with E-state index in [4.69, 9.17) is 0 Å². The van der Waals surface area contributed by atoms with Crippen molar-refractivity contribution in [2.45, 2.75) is 6.18 Å². The molecule has 3 rings (SSSR count). The van der Waals surface area contributed by atoms with Gasteiger partial charge in [0.1, 0.15) is 5.82 Å². The number of halogens is 4. The molecule has 0 unspecified atom stereocenters. The van der Waals surface area contributed by atoms with Gasteiger partial charge in [-0.3, -0.25) is 9.59 Å². The molecule has 0 aromatic heterocycles. The van der Waals surface area contributed by atoms with Gasteiger partial charge in [-0.25, -0.2) is 4.39 Å². The Kier molecular flexibility index (Phi) is 5.16. The second-order valence-corrected chi connectivity index (χ2v) is 6.14. The predicted molar refractivity (Wildman–Crippen MR) is 89.7 cm³/mol. The third-order valence-electron chi connectivity index (χ3n) is 4.39. The summed E-state index contributed by atoms with van der Waals surface area (Å²) >= 11 is 0. The van der Waals surface area contributed by atoms with Crippen LogP contribution in [0.2, 0.25) is 0 Å². The maximum atomic E-state index is 13.3. The summed E-state index contributed by atoms with van der Waals surface area (Å²) in [6.07, 6.45) is -4.62. The van der Waals surface area contributed by atoms with Gasteiger partial charge in [-0.1, -0.05) is 18.2 Å². The number of nitrogens with zero attached hydrogens (tertiary/aromatic N) is 2. The molecule has 27 heavy (non-hydrogen) atoms. The molecule has 0 atom stereocenters. The fourth-order valence-corrected chi connectivity index (χ4v) is 3.00. The normalized spacial score (nSPS) is 15.0. The predicted octanol–water partition coefficient (Wildman–Crippen LogP) is 3.44. The summed E-state index contributed by atoms with van der Waals surface area (Å²) in [5.41, 5.74) is -1.19. The maximum absolute atomic E-state index is 13.3. The number of hydrogen-bond acceptors (Lipinski definition) is 2. The van der Waals surface area contributed by atoms with Gasteiger partial charge < -0.3 is 9.80 Å². The van der Waals surface area contributed by atoms with Crippen LogP contribution in [0.4, 0.5) is 17.6 Å². The molecule has 1 aliphatic rings. The summed E-state index contributed by atoms with van der Waals surface area (Å²) in [4.78, 5) is 27.7. The summed E-state index contributed by atoms with van der Waals surface area (Å²) in [5.74, 6) is -1.63. The topological polar surface area (TPSA) is 40.6 Å². The van der Waals surface area contributed by atoms with E-state index in [1.54, 1.807) is 0 Å². The van der Waals surface area contributed by atoms with Gasteiger partial charge in [0.15, 0.2) is 0 Å². The molecule has 142 valence electrons. The SMILES string of the molecule is O=C(c1cccc(F)c1)N1CCN(C(=O)c2ccccc2C(F)(F)F)CC1. The Labute approximate surface area is 153 Å². The molecule has 8 heteroatoms. The number of piperazine rings is 1. The van der Waals surface area contributed by atoms with Crippen LogP contribution in [0, 0.1) is 5.82 Å². The maximum Gasteiger partial charge on any atom is 0.417 e. The molecule has 1 aliphatic heterocycles. The lowest BCUT2D eigenvalue weighted by Crippen LogP contribution is -2.50. The summed E-state index contributed by atoms with van der Waals surface area (Å²) in [5, 5.41) is 0.